The topological polar surface area (TPSA) is 9.23 Å². The predicted molar refractivity (Wildman–Crippen MR) is 45.3 cm³/mol. The summed E-state index contributed by atoms with van der Waals surface area (Å²) in [4.78, 5) is 0. The van der Waals surface area contributed by atoms with Crippen molar-refractivity contribution in [1.82, 2.24) is 0 Å². The van der Waals surface area contributed by atoms with E-state index in [1.54, 1.807) is 0 Å². The molecule has 0 spiro atoms. The maximum Gasteiger partial charge on any atom is 0.0466 e. The molecular formula is C9H20NbO. The first kappa shape index (κ1) is 14.2. The van der Waals surface area contributed by atoms with Crippen LogP contribution >= 0.6 is 0 Å². The SMILES string of the molecule is CCCCCOCCCC.[Nb]. The Morgan fingerprint density at radius 2 is 1.36 bits per heavy atom. The van der Waals surface area contributed by atoms with Crippen molar-refractivity contribution in [2.75, 3.05) is 13.2 Å². The largest absolute Gasteiger partial charge is 0.381 e. The molecule has 0 aliphatic rings. The molecule has 0 aliphatic carbocycles. The van der Waals surface area contributed by atoms with E-state index >= 15 is 0 Å². The van der Waals surface area contributed by atoms with Gasteiger partial charge in [0.05, 0.1) is 0 Å². The third kappa shape index (κ3) is 13.7. The first-order chi connectivity index (χ1) is 4.91. The van der Waals surface area contributed by atoms with Gasteiger partial charge in [0.2, 0.25) is 0 Å². The standard InChI is InChI=1S/C9H20O.Nb/c1-3-5-7-9-10-8-6-4-2;/h3-9H2,1-2H3;. The summed E-state index contributed by atoms with van der Waals surface area (Å²) in [5.41, 5.74) is 0. The molecule has 67 valence electrons. The van der Waals surface area contributed by atoms with Crippen molar-refractivity contribution in [1.29, 1.82) is 0 Å². The predicted octanol–water partition coefficient (Wildman–Crippen LogP) is 2.99. The van der Waals surface area contributed by atoms with Gasteiger partial charge in [-0.1, -0.05) is 33.1 Å². The molecule has 0 aromatic rings. The van der Waals surface area contributed by atoms with Gasteiger partial charge < -0.3 is 4.74 Å². The normalized spacial score (nSPS) is 9.27. The fourth-order valence-electron chi connectivity index (χ4n) is 0.803. The smallest absolute Gasteiger partial charge is 0.0466 e. The summed E-state index contributed by atoms with van der Waals surface area (Å²) in [6, 6.07) is 0. The minimum absolute atomic E-state index is 0. The zero-order valence-electron chi connectivity index (χ0n) is 7.81. The molecule has 0 N–H and O–H groups in total. The van der Waals surface area contributed by atoms with Gasteiger partial charge in [-0.3, -0.25) is 0 Å². The Kier molecular flexibility index (Phi) is 17.2. The summed E-state index contributed by atoms with van der Waals surface area (Å²) < 4.78 is 5.38. The van der Waals surface area contributed by atoms with Crippen molar-refractivity contribution in [2.24, 2.45) is 0 Å². The molecule has 0 aliphatic heterocycles. The van der Waals surface area contributed by atoms with E-state index in [4.69, 9.17) is 4.74 Å². The maximum atomic E-state index is 5.38. The van der Waals surface area contributed by atoms with Gasteiger partial charge in [-0.2, -0.15) is 0 Å². The molecule has 2 heteroatoms. The average Bonchev–Trinajstić information content (AvgIpc) is 1.97. The van der Waals surface area contributed by atoms with E-state index in [1.165, 1.54) is 32.1 Å². The minimum Gasteiger partial charge on any atom is -0.381 e. The van der Waals surface area contributed by atoms with Gasteiger partial charge in [-0.25, -0.2) is 0 Å². The number of ether oxygens (including phenoxy) is 1. The fourth-order valence-corrected chi connectivity index (χ4v) is 0.803. The molecule has 0 heterocycles. The van der Waals surface area contributed by atoms with E-state index < -0.39 is 0 Å². The molecule has 0 saturated carbocycles. The molecule has 0 aromatic heterocycles. The molecular weight excluding hydrogens is 217 g/mol. The van der Waals surface area contributed by atoms with Crippen LogP contribution in [0.4, 0.5) is 0 Å². The van der Waals surface area contributed by atoms with Gasteiger partial charge in [-0.05, 0) is 12.8 Å². The van der Waals surface area contributed by atoms with Crippen LogP contribution < -0.4 is 0 Å². The molecule has 1 nitrogen and oxygen atoms in total. The van der Waals surface area contributed by atoms with Gasteiger partial charge >= 0.3 is 0 Å². The Labute approximate surface area is 86.4 Å². The van der Waals surface area contributed by atoms with Crippen LogP contribution in [0, 0.1) is 0 Å². The van der Waals surface area contributed by atoms with Gasteiger partial charge in [-0.15, -0.1) is 0 Å². The Balaban J connectivity index is 0. The van der Waals surface area contributed by atoms with Crippen molar-refractivity contribution < 1.29 is 27.1 Å². The van der Waals surface area contributed by atoms with Crippen molar-refractivity contribution in [3.05, 3.63) is 0 Å². The van der Waals surface area contributed by atoms with E-state index in [-0.39, 0.29) is 22.4 Å². The first-order valence-corrected chi connectivity index (χ1v) is 4.49. The van der Waals surface area contributed by atoms with Crippen LogP contribution in [0.15, 0.2) is 0 Å². The monoisotopic (exact) mass is 237 g/mol. The summed E-state index contributed by atoms with van der Waals surface area (Å²) in [6.07, 6.45) is 6.30. The van der Waals surface area contributed by atoms with Crippen LogP contribution in [0.3, 0.4) is 0 Å². The Bertz CT molecular complexity index is 49.5. The second kappa shape index (κ2) is 13.3. The number of rotatable bonds is 7. The Morgan fingerprint density at radius 1 is 0.818 bits per heavy atom. The molecule has 0 rings (SSSR count). The second-order valence-corrected chi connectivity index (χ2v) is 2.67. The van der Waals surface area contributed by atoms with Crippen LogP contribution in [0.1, 0.15) is 46.0 Å². The van der Waals surface area contributed by atoms with Crippen LogP contribution in [-0.2, 0) is 27.1 Å². The van der Waals surface area contributed by atoms with E-state index in [1.807, 2.05) is 0 Å². The molecule has 0 atom stereocenters. The molecule has 0 aromatic carbocycles. The number of unbranched alkanes of at least 4 members (excludes halogenated alkanes) is 3. The van der Waals surface area contributed by atoms with E-state index in [0.717, 1.165) is 13.2 Å². The number of hydrogen-bond acceptors (Lipinski definition) is 1. The van der Waals surface area contributed by atoms with E-state index in [9.17, 15) is 0 Å². The third-order valence-electron chi connectivity index (χ3n) is 1.53. The van der Waals surface area contributed by atoms with Crippen LogP contribution in [0.25, 0.3) is 0 Å². The van der Waals surface area contributed by atoms with Crippen molar-refractivity contribution >= 4 is 0 Å². The quantitative estimate of drug-likeness (QED) is 0.488. The second-order valence-electron chi connectivity index (χ2n) is 2.67. The number of hydrogen-bond donors (Lipinski definition) is 0. The van der Waals surface area contributed by atoms with Gasteiger partial charge in [0.25, 0.3) is 0 Å². The summed E-state index contributed by atoms with van der Waals surface area (Å²) in [5.74, 6) is 0. The van der Waals surface area contributed by atoms with E-state index in [0.29, 0.717) is 0 Å². The van der Waals surface area contributed by atoms with Gasteiger partial charge in [0.15, 0.2) is 0 Å². The Morgan fingerprint density at radius 3 is 1.91 bits per heavy atom. The molecule has 0 unspecified atom stereocenters. The van der Waals surface area contributed by atoms with Gasteiger partial charge in [0, 0.05) is 35.6 Å². The summed E-state index contributed by atoms with van der Waals surface area (Å²) in [7, 11) is 0. The minimum atomic E-state index is 0. The fraction of sp³-hybridized carbons (Fsp3) is 1.00. The van der Waals surface area contributed by atoms with Crippen molar-refractivity contribution in [3.63, 3.8) is 0 Å². The molecule has 0 fully saturated rings. The van der Waals surface area contributed by atoms with Gasteiger partial charge in [0.1, 0.15) is 0 Å². The molecule has 0 bridgehead atoms. The Hall–Kier alpha value is 0.700. The zero-order valence-corrected chi connectivity index (χ0v) is 10.0. The first-order valence-electron chi connectivity index (χ1n) is 4.49. The van der Waals surface area contributed by atoms with Crippen LogP contribution in [0.2, 0.25) is 0 Å². The maximum absolute atomic E-state index is 5.38. The molecule has 11 heavy (non-hydrogen) atoms. The van der Waals surface area contributed by atoms with E-state index in [2.05, 4.69) is 13.8 Å². The third-order valence-corrected chi connectivity index (χ3v) is 1.53. The van der Waals surface area contributed by atoms with Crippen LogP contribution in [0.5, 0.6) is 0 Å². The van der Waals surface area contributed by atoms with Crippen molar-refractivity contribution in [2.45, 2.75) is 46.0 Å². The zero-order chi connectivity index (χ0) is 7.66. The average molecular weight is 237 g/mol. The molecule has 0 amide bonds. The molecule has 0 saturated heterocycles. The van der Waals surface area contributed by atoms with Crippen LogP contribution in [-0.4, -0.2) is 13.2 Å². The summed E-state index contributed by atoms with van der Waals surface area (Å²) >= 11 is 0. The molecule has 1 radical (unpaired) electrons. The van der Waals surface area contributed by atoms with Crippen molar-refractivity contribution in [3.8, 4) is 0 Å². The summed E-state index contributed by atoms with van der Waals surface area (Å²) in [6.45, 7) is 6.33. The summed E-state index contributed by atoms with van der Waals surface area (Å²) in [5, 5.41) is 0.